The lowest BCUT2D eigenvalue weighted by Crippen LogP contribution is -2.48. The summed E-state index contributed by atoms with van der Waals surface area (Å²) in [4.78, 5) is 25.3. The number of amides is 2. The fourth-order valence-electron chi connectivity index (χ4n) is 3.21. The SMILES string of the molecule is CC(C)CCCC(=O)C(NC(=O)Nc1ccccc1Cl)C1CCSCC1. The Kier molecular flexibility index (Phi) is 8.79. The molecule has 0 radical (unpaired) electrons. The summed E-state index contributed by atoms with van der Waals surface area (Å²) in [6.07, 6.45) is 4.38. The van der Waals surface area contributed by atoms with Crippen LogP contribution in [-0.4, -0.2) is 29.4 Å². The number of carbonyl (C=O) groups excluding carboxylic acids is 2. The number of thioether (sulfide) groups is 1. The molecule has 1 unspecified atom stereocenters. The van der Waals surface area contributed by atoms with E-state index in [0.717, 1.165) is 37.2 Å². The fraction of sp³-hybridized carbons (Fsp3) is 0.600. The zero-order chi connectivity index (χ0) is 18.9. The summed E-state index contributed by atoms with van der Waals surface area (Å²) in [6.45, 7) is 4.32. The van der Waals surface area contributed by atoms with Crippen molar-refractivity contribution in [2.24, 2.45) is 11.8 Å². The average molecular weight is 397 g/mol. The van der Waals surface area contributed by atoms with Gasteiger partial charge in [0.25, 0.3) is 0 Å². The number of hydrogen-bond acceptors (Lipinski definition) is 3. The first-order chi connectivity index (χ1) is 12.5. The lowest BCUT2D eigenvalue weighted by atomic mass is 9.88. The molecule has 1 heterocycles. The van der Waals surface area contributed by atoms with Gasteiger partial charge in [-0.05, 0) is 54.7 Å². The Morgan fingerprint density at radius 2 is 1.92 bits per heavy atom. The molecule has 2 rings (SSSR count). The standard InChI is InChI=1S/C20H29ClN2O2S/c1-14(2)6-5-9-18(24)19(15-10-12-26-13-11-15)23-20(25)22-17-8-4-3-7-16(17)21/h3-4,7-8,14-15,19H,5-6,9-13H2,1-2H3,(H2,22,23,25). The van der Waals surface area contributed by atoms with E-state index in [1.807, 2.05) is 23.9 Å². The third kappa shape index (κ3) is 6.84. The molecule has 1 aliphatic heterocycles. The molecule has 1 fully saturated rings. The normalized spacial score (nSPS) is 16.3. The molecule has 1 aromatic carbocycles. The number of carbonyl (C=O) groups is 2. The van der Waals surface area contributed by atoms with Crippen molar-refractivity contribution in [1.82, 2.24) is 5.32 Å². The van der Waals surface area contributed by atoms with Gasteiger partial charge in [0.05, 0.1) is 16.8 Å². The van der Waals surface area contributed by atoms with Crippen molar-refractivity contribution in [2.45, 2.75) is 52.0 Å². The molecule has 2 amide bonds. The molecule has 1 aliphatic rings. The molecule has 1 atom stereocenters. The van der Waals surface area contributed by atoms with Crippen LogP contribution >= 0.6 is 23.4 Å². The van der Waals surface area contributed by atoms with E-state index in [4.69, 9.17) is 11.6 Å². The van der Waals surface area contributed by atoms with Crippen LogP contribution in [0.4, 0.5) is 10.5 Å². The molecular weight excluding hydrogens is 368 g/mol. The lowest BCUT2D eigenvalue weighted by molar-refractivity contribution is -0.122. The first kappa shape index (κ1) is 21.1. The van der Waals surface area contributed by atoms with Gasteiger partial charge in [-0.15, -0.1) is 0 Å². The van der Waals surface area contributed by atoms with E-state index >= 15 is 0 Å². The minimum absolute atomic E-state index is 0.150. The summed E-state index contributed by atoms with van der Waals surface area (Å²) < 4.78 is 0. The maximum Gasteiger partial charge on any atom is 0.319 e. The zero-order valence-corrected chi connectivity index (χ0v) is 17.2. The van der Waals surface area contributed by atoms with Crippen LogP contribution in [0, 0.1) is 11.8 Å². The Hall–Kier alpha value is -1.20. The molecule has 0 spiro atoms. The van der Waals surface area contributed by atoms with Gasteiger partial charge in [-0.2, -0.15) is 11.8 Å². The Morgan fingerprint density at radius 1 is 1.23 bits per heavy atom. The molecule has 2 N–H and O–H groups in total. The molecule has 144 valence electrons. The lowest BCUT2D eigenvalue weighted by Gasteiger charge is -2.30. The van der Waals surface area contributed by atoms with Gasteiger partial charge in [-0.1, -0.05) is 44.0 Å². The summed E-state index contributed by atoms with van der Waals surface area (Å²) in [7, 11) is 0. The minimum Gasteiger partial charge on any atom is -0.328 e. The Morgan fingerprint density at radius 3 is 2.58 bits per heavy atom. The van der Waals surface area contributed by atoms with Crippen molar-refractivity contribution in [3.63, 3.8) is 0 Å². The van der Waals surface area contributed by atoms with Crippen LogP contribution in [-0.2, 0) is 4.79 Å². The fourth-order valence-corrected chi connectivity index (χ4v) is 4.54. The van der Waals surface area contributed by atoms with Crippen molar-refractivity contribution in [2.75, 3.05) is 16.8 Å². The highest BCUT2D eigenvalue weighted by atomic mass is 35.5. The van der Waals surface area contributed by atoms with E-state index in [-0.39, 0.29) is 17.7 Å². The second-order valence-corrected chi connectivity index (χ2v) is 8.89. The Balaban J connectivity index is 1.99. The van der Waals surface area contributed by atoms with Gasteiger partial charge < -0.3 is 10.6 Å². The van der Waals surface area contributed by atoms with Crippen LogP contribution < -0.4 is 10.6 Å². The zero-order valence-electron chi connectivity index (χ0n) is 15.6. The maximum absolute atomic E-state index is 12.8. The highest BCUT2D eigenvalue weighted by Crippen LogP contribution is 2.27. The van der Waals surface area contributed by atoms with Gasteiger partial charge in [-0.3, -0.25) is 4.79 Å². The van der Waals surface area contributed by atoms with Crippen LogP contribution in [0.3, 0.4) is 0 Å². The number of halogens is 1. The van der Waals surface area contributed by atoms with Gasteiger partial charge >= 0.3 is 6.03 Å². The molecule has 26 heavy (non-hydrogen) atoms. The van der Waals surface area contributed by atoms with Crippen molar-refractivity contribution >= 4 is 40.9 Å². The monoisotopic (exact) mass is 396 g/mol. The van der Waals surface area contributed by atoms with Gasteiger partial charge in [-0.25, -0.2) is 4.79 Å². The van der Waals surface area contributed by atoms with Gasteiger partial charge in [0.2, 0.25) is 0 Å². The highest BCUT2D eigenvalue weighted by Gasteiger charge is 2.30. The molecular formula is C20H29ClN2O2S. The second kappa shape index (κ2) is 10.8. The summed E-state index contributed by atoms with van der Waals surface area (Å²) in [5.41, 5.74) is 0.553. The predicted molar refractivity (Wildman–Crippen MR) is 111 cm³/mol. The first-order valence-corrected chi connectivity index (χ1v) is 10.9. The predicted octanol–water partition coefficient (Wildman–Crippen LogP) is 5.37. The molecule has 0 saturated carbocycles. The van der Waals surface area contributed by atoms with Crippen LogP contribution in [0.25, 0.3) is 0 Å². The van der Waals surface area contributed by atoms with Crippen LogP contribution in [0.1, 0.15) is 46.0 Å². The van der Waals surface area contributed by atoms with E-state index in [9.17, 15) is 9.59 Å². The van der Waals surface area contributed by atoms with Crippen molar-refractivity contribution in [3.05, 3.63) is 29.3 Å². The van der Waals surface area contributed by atoms with E-state index in [0.29, 0.717) is 23.0 Å². The largest absolute Gasteiger partial charge is 0.328 e. The van der Waals surface area contributed by atoms with Gasteiger partial charge in [0.1, 0.15) is 0 Å². The van der Waals surface area contributed by atoms with E-state index in [1.54, 1.807) is 12.1 Å². The summed E-state index contributed by atoms with van der Waals surface area (Å²) in [5.74, 6) is 3.06. The van der Waals surface area contributed by atoms with Gasteiger partial charge in [0.15, 0.2) is 5.78 Å². The van der Waals surface area contributed by atoms with Crippen LogP contribution in [0.5, 0.6) is 0 Å². The summed E-state index contributed by atoms with van der Waals surface area (Å²) >= 11 is 8.02. The third-order valence-electron chi connectivity index (χ3n) is 4.70. The van der Waals surface area contributed by atoms with Crippen molar-refractivity contribution in [1.29, 1.82) is 0 Å². The van der Waals surface area contributed by atoms with Crippen molar-refractivity contribution in [3.8, 4) is 0 Å². The molecule has 0 bridgehead atoms. The minimum atomic E-state index is -0.412. The molecule has 4 nitrogen and oxygen atoms in total. The first-order valence-electron chi connectivity index (χ1n) is 9.40. The maximum atomic E-state index is 12.8. The Labute approximate surface area is 165 Å². The average Bonchev–Trinajstić information content (AvgIpc) is 2.62. The van der Waals surface area contributed by atoms with Gasteiger partial charge in [0, 0.05) is 6.42 Å². The number of nitrogens with one attached hydrogen (secondary N) is 2. The molecule has 1 saturated heterocycles. The van der Waals surface area contributed by atoms with E-state index in [1.165, 1.54) is 0 Å². The molecule has 1 aromatic rings. The quantitative estimate of drug-likeness (QED) is 0.621. The van der Waals surface area contributed by atoms with E-state index in [2.05, 4.69) is 24.5 Å². The molecule has 6 heteroatoms. The number of ketones is 1. The smallest absolute Gasteiger partial charge is 0.319 e. The summed E-state index contributed by atoms with van der Waals surface area (Å²) in [5, 5.41) is 6.19. The number of rotatable bonds is 8. The molecule has 0 aliphatic carbocycles. The van der Waals surface area contributed by atoms with Crippen LogP contribution in [0.2, 0.25) is 5.02 Å². The third-order valence-corrected chi connectivity index (χ3v) is 6.08. The summed E-state index contributed by atoms with van der Waals surface area (Å²) in [6, 6.07) is 6.33. The number of benzene rings is 1. The topological polar surface area (TPSA) is 58.2 Å². The number of Topliss-reactive ketones (excluding diaryl/α,β-unsaturated/α-hetero) is 1. The van der Waals surface area contributed by atoms with Crippen molar-refractivity contribution < 1.29 is 9.59 Å². The molecule has 0 aromatic heterocycles. The highest BCUT2D eigenvalue weighted by molar-refractivity contribution is 7.99. The van der Waals surface area contributed by atoms with Crippen LogP contribution in [0.15, 0.2) is 24.3 Å². The number of para-hydroxylation sites is 1. The number of anilines is 1. The number of hydrogen-bond donors (Lipinski definition) is 2. The Bertz CT molecular complexity index is 603. The van der Waals surface area contributed by atoms with E-state index < -0.39 is 6.04 Å². The second-order valence-electron chi connectivity index (χ2n) is 7.26. The number of urea groups is 1.